The average molecular weight is 390 g/mol. The number of thiocarbonyl (C=S) groups is 1. The fourth-order valence-electron chi connectivity index (χ4n) is 2.00. The normalized spacial score (nSPS) is 10.3. The zero-order valence-corrected chi connectivity index (χ0v) is 16.3. The van der Waals surface area contributed by atoms with Crippen LogP contribution in [0.2, 0.25) is 5.02 Å². The number of nitrogens with one attached hydrogen (secondary N) is 3. The first-order valence-corrected chi connectivity index (χ1v) is 8.84. The molecule has 0 bridgehead atoms. The van der Waals surface area contributed by atoms with Gasteiger partial charge in [0.15, 0.2) is 5.11 Å². The van der Waals surface area contributed by atoms with Crippen molar-refractivity contribution in [1.82, 2.24) is 5.32 Å². The van der Waals surface area contributed by atoms with Crippen LogP contribution in [0.5, 0.6) is 0 Å². The van der Waals surface area contributed by atoms with Gasteiger partial charge in [-0.3, -0.25) is 14.9 Å². The Morgan fingerprint density at radius 3 is 2.12 bits per heavy atom. The van der Waals surface area contributed by atoms with Gasteiger partial charge in [-0.2, -0.15) is 0 Å². The number of carbonyl (C=O) groups is 2. The van der Waals surface area contributed by atoms with Gasteiger partial charge in [-0.1, -0.05) is 31.5 Å². The number of benzene rings is 2. The number of amides is 2. The minimum Gasteiger partial charge on any atom is -0.332 e. The van der Waals surface area contributed by atoms with Crippen molar-refractivity contribution >= 4 is 52.1 Å². The van der Waals surface area contributed by atoms with Crippen LogP contribution in [0.15, 0.2) is 42.5 Å². The monoisotopic (exact) mass is 389 g/mol. The lowest BCUT2D eigenvalue weighted by Crippen LogP contribution is -2.34. The molecule has 0 heterocycles. The Hall–Kier alpha value is -2.44. The molecule has 2 amide bonds. The Morgan fingerprint density at radius 2 is 1.58 bits per heavy atom. The quantitative estimate of drug-likeness (QED) is 0.679. The summed E-state index contributed by atoms with van der Waals surface area (Å²) < 4.78 is 0. The third-order valence-corrected chi connectivity index (χ3v) is 4.21. The van der Waals surface area contributed by atoms with Crippen molar-refractivity contribution in [3.8, 4) is 0 Å². The Kier molecular flexibility index (Phi) is 6.71. The highest BCUT2D eigenvalue weighted by atomic mass is 35.5. The minimum absolute atomic E-state index is 0.0507. The molecule has 2 aromatic rings. The van der Waals surface area contributed by atoms with Crippen molar-refractivity contribution in [1.29, 1.82) is 0 Å². The summed E-state index contributed by atoms with van der Waals surface area (Å²) in [7, 11) is 0. The van der Waals surface area contributed by atoms with Crippen LogP contribution in [0.4, 0.5) is 11.4 Å². The molecule has 5 nitrogen and oxygen atoms in total. The lowest BCUT2D eigenvalue weighted by atomic mass is 10.1. The standard InChI is InChI=1S/C19H20ClN3O2S/c1-11(2)17(24)21-14-6-8-15(9-7-14)22-19(26)23-18(25)13-5-4-12(3)16(20)10-13/h4-11H,1-3H3,(H,21,24)(H2,22,23,25,26). The third kappa shape index (κ3) is 5.54. The molecule has 26 heavy (non-hydrogen) atoms. The molecule has 0 saturated carbocycles. The smallest absolute Gasteiger partial charge is 0.257 e. The Morgan fingerprint density at radius 1 is 1.00 bits per heavy atom. The SMILES string of the molecule is Cc1ccc(C(=O)NC(=S)Nc2ccc(NC(=O)C(C)C)cc2)cc1Cl. The van der Waals surface area contributed by atoms with Gasteiger partial charge in [-0.25, -0.2) is 0 Å². The molecule has 3 N–H and O–H groups in total. The molecule has 0 aliphatic heterocycles. The predicted octanol–water partition coefficient (Wildman–Crippen LogP) is 4.37. The largest absolute Gasteiger partial charge is 0.332 e. The number of anilines is 2. The molecule has 7 heteroatoms. The molecule has 0 radical (unpaired) electrons. The van der Waals surface area contributed by atoms with Crippen LogP contribution < -0.4 is 16.0 Å². The second kappa shape index (κ2) is 8.78. The maximum atomic E-state index is 12.2. The maximum Gasteiger partial charge on any atom is 0.257 e. The second-order valence-electron chi connectivity index (χ2n) is 6.09. The lowest BCUT2D eigenvalue weighted by molar-refractivity contribution is -0.118. The summed E-state index contributed by atoms with van der Waals surface area (Å²) in [5.41, 5.74) is 2.71. The summed E-state index contributed by atoms with van der Waals surface area (Å²) in [6, 6.07) is 12.1. The Labute approximate surface area is 163 Å². The van der Waals surface area contributed by atoms with Gasteiger partial charge in [-0.05, 0) is 61.1 Å². The first-order valence-electron chi connectivity index (χ1n) is 8.05. The van der Waals surface area contributed by atoms with E-state index in [9.17, 15) is 9.59 Å². The average Bonchev–Trinajstić information content (AvgIpc) is 2.58. The van der Waals surface area contributed by atoms with Crippen LogP contribution in [0.25, 0.3) is 0 Å². The van der Waals surface area contributed by atoms with Gasteiger partial charge in [0.05, 0.1) is 0 Å². The summed E-state index contributed by atoms with van der Waals surface area (Å²) in [5.74, 6) is -0.485. The molecule has 2 aromatic carbocycles. The highest BCUT2D eigenvalue weighted by molar-refractivity contribution is 7.80. The fourth-order valence-corrected chi connectivity index (χ4v) is 2.39. The number of halogens is 1. The molecule has 0 atom stereocenters. The first kappa shape index (κ1) is 19.9. The summed E-state index contributed by atoms with van der Waals surface area (Å²) in [6.07, 6.45) is 0. The number of carbonyl (C=O) groups excluding carboxylic acids is 2. The van der Waals surface area contributed by atoms with E-state index >= 15 is 0 Å². The van der Waals surface area contributed by atoms with E-state index in [4.69, 9.17) is 23.8 Å². The molecule has 0 aromatic heterocycles. The molecule has 0 spiro atoms. The van der Waals surface area contributed by atoms with Gasteiger partial charge in [0, 0.05) is 27.9 Å². The lowest BCUT2D eigenvalue weighted by Gasteiger charge is -2.11. The van der Waals surface area contributed by atoms with E-state index in [1.807, 2.05) is 20.8 Å². The van der Waals surface area contributed by atoms with E-state index < -0.39 is 0 Å². The van der Waals surface area contributed by atoms with E-state index in [0.29, 0.717) is 22.0 Å². The molecule has 0 unspecified atom stereocenters. The minimum atomic E-state index is -0.342. The fraction of sp³-hybridized carbons (Fsp3) is 0.211. The van der Waals surface area contributed by atoms with Crippen LogP contribution in [0, 0.1) is 12.8 Å². The molecule has 0 aliphatic carbocycles. The Balaban J connectivity index is 1.93. The van der Waals surface area contributed by atoms with Crippen LogP contribution in [-0.4, -0.2) is 16.9 Å². The van der Waals surface area contributed by atoms with Crippen LogP contribution in [0.1, 0.15) is 29.8 Å². The van der Waals surface area contributed by atoms with Crippen LogP contribution >= 0.6 is 23.8 Å². The maximum absolute atomic E-state index is 12.2. The first-order chi connectivity index (χ1) is 12.3. The van der Waals surface area contributed by atoms with Gasteiger partial charge in [0.25, 0.3) is 5.91 Å². The van der Waals surface area contributed by atoms with Crippen LogP contribution in [0.3, 0.4) is 0 Å². The predicted molar refractivity (Wildman–Crippen MR) is 110 cm³/mol. The molecule has 136 valence electrons. The van der Waals surface area contributed by atoms with Crippen molar-refractivity contribution in [3.05, 3.63) is 58.6 Å². The second-order valence-corrected chi connectivity index (χ2v) is 6.91. The van der Waals surface area contributed by atoms with Gasteiger partial charge in [0.1, 0.15) is 0 Å². The molecule has 0 aliphatic rings. The van der Waals surface area contributed by atoms with E-state index in [-0.39, 0.29) is 22.8 Å². The van der Waals surface area contributed by atoms with Crippen molar-refractivity contribution in [2.75, 3.05) is 10.6 Å². The van der Waals surface area contributed by atoms with Gasteiger partial charge < -0.3 is 10.6 Å². The molecular weight excluding hydrogens is 370 g/mol. The van der Waals surface area contributed by atoms with Gasteiger partial charge in [-0.15, -0.1) is 0 Å². The van der Waals surface area contributed by atoms with Crippen molar-refractivity contribution in [3.63, 3.8) is 0 Å². The van der Waals surface area contributed by atoms with E-state index in [2.05, 4.69) is 16.0 Å². The highest BCUT2D eigenvalue weighted by Gasteiger charge is 2.10. The van der Waals surface area contributed by atoms with Crippen molar-refractivity contribution in [2.24, 2.45) is 5.92 Å². The third-order valence-electron chi connectivity index (χ3n) is 3.60. The zero-order valence-electron chi connectivity index (χ0n) is 14.7. The van der Waals surface area contributed by atoms with E-state index in [0.717, 1.165) is 5.56 Å². The number of rotatable bonds is 4. The molecular formula is C19H20ClN3O2S. The molecule has 0 saturated heterocycles. The Bertz CT molecular complexity index is 835. The van der Waals surface area contributed by atoms with Crippen molar-refractivity contribution < 1.29 is 9.59 Å². The number of hydrogen-bond donors (Lipinski definition) is 3. The van der Waals surface area contributed by atoms with E-state index in [1.165, 1.54) is 0 Å². The van der Waals surface area contributed by atoms with Crippen LogP contribution in [-0.2, 0) is 4.79 Å². The summed E-state index contributed by atoms with van der Waals surface area (Å²) in [5, 5.41) is 9.03. The number of hydrogen-bond acceptors (Lipinski definition) is 3. The summed E-state index contributed by atoms with van der Waals surface area (Å²) in [6.45, 7) is 5.52. The van der Waals surface area contributed by atoms with Gasteiger partial charge in [0.2, 0.25) is 5.91 Å². The zero-order chi connectivity index (χ0) is 19.3. The molecule has 0 fully saturated rings. The van der Waals surface area contributed by atoms with Gasteiger partial charge >= 0.3 is 0 Å². The number of aryl methyl sites for hydroxylation is 1. The molecule has 2 rings (SSSR count). The summed E-state index contributed by atoms with van der Waals surface area (Å²) >= 11 is 11.2. The highest BCUT2D eigenvalue weighted by Crippen LogP contribution is 2.17. The van der Waals surface area contributed by atoms with E-state index in [1.54, 1.807) is 42.5 Å². The van der Waals surface area contributed by atoms with Crippen molar-refractivity contribution in [2.45, 2.75) is 20.8 Å². The topological polar surface area (TPSA) is 70.2 Å². The summed E-state index contributed by atoms with van der Waals surface area (Å²) in [4.78, 5) is 23.9.